The van der Waals surface area contributed by atoms with E-state index in [1.54, 1.807) is 0 Å². The number of aryl methyl sites for hydroxylation is 1. The van der Waals surface area contributed by atoms with Gasteiger partial charge in [-0.1, -0.05) is 6.42 Å². The molecule has 0 aromatic carbocycles. The van der Waals surface area contributed by atoms with Crippen LogP contribution >= 0.6 is 0 Å². The molecule has 1 aliphatic heterocycles. The van der Waals surface area contributed by atoms with Crippen molar-refractivity contribution < 1.29 is 0 Å². The zero-order valence-electron chi connectivity index (χ0n) is 10.9. The molecule has 0 saturated carbocycles. The number of hydrogen-bond acceptors (Lipinski definition) is 3. The Hall–Kier alpha value is -0.930. The van der Waals surface area contributed by atoms with Crippen molar-refractivity contribution in [1.82, 2.24) is 9.88 Å². The van der Waals surface area contributed by atoms with E-state index in [-0.39, 0.29) is 0 Å². The minimum absolute atomic E-state index is 0.332. The molecule has 0 amide bonds. The highest BCUT2D eigenvalue weighted by Crippen LogP contribution is 2.28. The number of likely N-dealkylation sites (tertiary alicyclic amines) is 1. The molecule has 94 valence electrons. The highest BCUT2D eigenvalue weighted by atomic mass is 15.2. The molecule has 3 nitrogen and oxygen atoms in total. The van der Waals surface area contributed by atoms with Crippen LogP contribution in [0.4, 0.5) is 0 Å². The lowest BCUT2D eigenvalue weighted by Gasteiger charge is -2.39. The molecule has 2 rings (SSSR count). The summed E-state index contributed by atoms with van der Waals surface area (Å²) in [6, 6.07) is 3.04. The molecule has 1 fully saturated rings. The second-order valence-corrected chi connectivity index (χ2v) is 5.07. The number of pyridine rings is 1. The first kappa shape index (κ1) is 12.5. The normalized spacial score (nSPS) is 23.6. The van der Waals surface area contributed by atoms with Crippen molar-refractivity contribution in [2.24, 2.45) is 5.73 Å². The summed E-state index contributed by atoms with van der Waals surface area (Å²) in [5.74, 6) is 0. The number of hydrogen-bond donors (Lipinski definition) is 1. The number of nitrogens with two attached hydrogens (primary N) is 1. The summed E-state index contributed by atoms with van der Waals surface area (Å²) in [6.07, 6.45) is 7.76. The van der Waals surface area contributed by atoms with Crippen LogP contribution in [0.1, 0.15) is 43.4 Å². The Morgan fingerprint density at radius 2 is 2.35 bits per heavy atom. The molecular formula is C14H23N3. The fourth-order valence-electron chi connectivity index (χ4n) is 2.85. The van der Waals surface area contributed by atoms with E-state index in [1.165, 1.54) is 30.4 Å². The third-order valence-electron chi connectivity index (χ3n) is 3.92. The zero-order valence-corrected chi connectivity index (χ0v) is 10.9. The first-order valence-electron chi connectivity index (χ1n) is 6.60. The number of aromatic nitrogens is 1. The van der Waals surface area contributed by atoms with E-state index < -0.39 is 0 Å². The highest BCUT2D eigenvalue weighted by Gasteiger charge is 2.27. The third-order valence-corrected chi connectivity index (χ3v) is 3.92. The second kappa shape index (κ2) is 5.61. The van der Waals surface area contributed by atoms with E-state index in [1.807, 2.05) is 12.4 Å². The minimum Gasteiger partial charge on any atom is -0.329 e. The summed E-state index contributed by atoms with van der Waals surface area (Å²) in [5.41, 5.74) is 8.59. The molecule has 0 radical (unpaired) electrons. The summed E-state index contributed by atoms with van der Waals surface area (Å²) < 4.78 is 0. The molecular weight excluding hydrogens is 210 g/mol. The molecule has 2 unspecified atom stereocenters. The maximum absolute atomic E-state index is 6.00. The second-order valence-electron chi connectivity index (χ2n) is 5.07. The lowest BCUT2D eigenvalue weighted by molar-refractivity contribution is 0.108. The molecule has 0 spiro atoms. The zero-order chi connectivity index (χ0) is 12.3. The molecule has 2 N–H and O–H groups in total. The van der Waals surface area contributed by atoms with E-state index in [0.717, 1.165) is 6.54 Å². The predicted molar refractivity (Wildman–Crippen MR) is 70.8 cm³/mol. The van der Waals surface area contributed by atoms with Gasteiger partial charge in [-0.25, -0.2) is 0 Å². The minimum atomic E-state index is 0.332. The number of rotatable bonds is 3. The number of nitrogens with zero attached hydrogens (tertiary/aromatic N) is 2. The fourth-order valence-corrected chi connectivity index (χ4v) is 2.85. The first-order chi connectivity index (χ1) is 8.24. The molecule has 2 heterocycles. The Labute approximate surface area is 104 Å². The van der Waals surface area contributed by atoms with Crippen molar-refractivity contribution in [3.63, 3.8) is 0 Å². The highest BCUT2D eigenvalue weighted by molar-refractivity contribution is 5.25. The lowest BCUT2D eigenvalue weighted by Crippen LogP contribution is -2.43. The average molecular weight is 233 g/mol. The SMILES string of the molecule is Cc1ccncc1C(CN)N1CCCCC1C. The van der Waals surface area contributed by atoms with Gasteiger partial charge in [-0.3, -0.25) is 9.88 Å². The van der Waals surface area contributed by atoms with Crippen LogP contribution < -0.4 is 5.73 Å². The summed E-state index contributed by atoms with van der Waals surface area (Å²) in [4.78, 5) is 6.80. The molecule has 0 bridgehead atoms. The number of piperidine rings is 1. The van der Waals surface area contributed by atoms with E-state index in [0.29, 0.717) is 18.6 Å². The van der Waals surface area contributed by atoms with E-state index >= 15 is 0 Å². The van der Waals surface area contributed by atoms with Crippen molar-refractivity contribution >= 4 is 0 Å². The topological polar surface area (TPSA) is 42.1 Å². The van der Waals surface area contributed by atoms with Gasteiger partial charge >= 0.3 is 0 Å². The monoisotopic (exact) mass is 233 g/mol. The quantitative estimate of drug-likeness (QED) is 0.870. The Kier molecular flexibility index (Phi) is 4.13. The molecule has 1 saturated heterocycles. The standard InChI is InChI=1S/C14H23N3/c1-11-6-7-16-10-13(11)14(9-15)17-8-4-3-5-12(17)2/h6-7,10,12,14H,3-5,8-9,15H2,1-2H3. The van der Waals surface area contributed by atoms with E-state index in [9.17, 15) is 0 Å². The van der Waals surface area contributed by atoms with Crippen molar-refractivity contribution in [2.45, 2.75) is 45.2 Å². The molecule has 0 aliphatic carbocycles. The Morgan fingerprint density at radius 3 is 3.00 bits per heavy atom. The average Bonchev–Trinajstić information content (AvgIpc) is 2.34. The smallest absolute Gasteiger partial charge is 0.0491 e. The van der Waals surface area contributed by atoms with Gasteiger partial charge in [-0.05, 0) is 50.4 Å². The van der Waals surface area contributed by atoms with Crippen LogP contribution in [0, 0.1) is 6.92 Å². The van der Waals surface area contributed by atoms with E-state index in [2.05, 4.69) is 29.8 Å². The van der Waals surface area contributed by atoms with Gasteiger partial charge < -0.3 is 5.73 Å². The van der Waals surface area contributed by atoms with Gasteiger partial charge in [-0.15, -0.1) is 0 Å². The summed E-state index contributed by atoms with van der Waals surface area (Å²) >= 11 is 0. The van der Waals surface area contributed by atoms with Crippen molar-refractivity contribution in [3.8, 4) is 0 Å². The van der Waals surface area contributed by atoms with Gasteiger partial charge in [0.1, 0.15) is 0 Å². The van der Waals surface area contributed by atoms with Gasteiger partial charge in [0.05, 0.1) is 0 Å². The van der Waals surface area contributed by atoms with Crippen LogP contribution in [0.25, 0.3) is 0 Å². The Balaban J connectivity index is 2.23. The molecule has 1 aromatic rings. The van der Waals surface area contributed by atoms with Crippen LogP contribution in [0.2, 0.25) is 0 Å². The fraction of sp³-hybridized carbons (Fsp3) is 0.643. The molecule has 3 heteroatoms. The van der Waals surface area contributed by atoms with Gasteiger partial charge in [-0.2, -0.15) is 0 Å². The third kappa shape index (κ3) is 2.67. The van der Waals surface area contributed by atoms with Crippen molar-refractivity contribution in [3.05, 3.63) is 29.6 Å². The first-order valence-corrected chi connectivity index (χ1v) is 6.60. The maximum atomic E-state index is 6.00. The van der Waals surface area contributed by atoms with E-state index in [4.69, 9.17) is 5.73 Å². The van der Waals surface area contributed by atoms with Gasteiger partial charge in [0, 0.05) is 31.0 Å². The summed E-state index contributed by atoms with van der Waals surface area (Å²) in [6.45, 7) is 6.30. The van der Waals surface area contributed by atoms with Crippen LogP contribution in [0.5, 0.6) is 0 Å². The molecule has 1 aromatic heterocycles. The molecule has 2 atom stereocenters. The largest absolute Gasteiger partial charge is 0.329 e. The van der Waals surface area contributed by atoms with Crippen LogP contribution in [0.15, 0.2) is 18.5 Å². The van der Waals surface area contributed by atoms with Gasteiger partial charge in [0.15, 0.2) is 0 Å². The van der Waals surface area contributed by atoms with Gasteiger partial charge in [0.25, 0.3) is 0 Å². The maximum Gasteiger partial charge on any atom is 0.0491 e. The Morgan fingerprint density at radius 1 is 1.53 bits per heavy atom. The van der Waals surface area contributed by atoms with Crippen LogP contribution in [0.3, 0.4) is 0 Å². The lowest BCUT2D eigenvalue weighted by atomic mass is 9.96. The summed E-state index contributed by atoms with van der Waals surface area (Å²) in [7, 11) is 0. The summed E-state index contributed by atoms with van der Waals surface area (Å²) in [5, 5.41) is 0. The van der Waals surface area contributed by atoms with Crippen LogP contribution in [-0.4, -0.2) is 29.0 Å². The molecule has 1 aliphatic rings. The van der Waals surface area contributed by atoms with Crippen LogP contribution in [-0.2, 0) is 0 Å². The Bertz CT molecular complexity index is 364. The van der Waals surface area contributed by atoms with Gasteiger partial charge in [0.2, 0.25) is 0 Å². The van der Waals surface area contributed by atoms with Crippen molar-refractivity contribution in [1.29, 1.82) is 0 Å². The molecule has 17 heavy (non-hydrogen) atoms. The van der Waals surface area contributed by atoms with Crippen molar-refractivity contribution in [2.75, 3.05) is 13.1 Å². The predicted octanol–water partition coefficient (Wildman–Crippen LogP) is 2.26.